The quantitative estimate of drug-likeness (QED) is 0.893. The number of hydroxylamine groups is 2. The van der Waals surface area contributed by atoms with Crippen molar-refractivity contribution in [3.8, 4) is 16.9 Å². The van der Waals surface area contributed by atoms with Crippen LogP contribution in [0.3, 0.4) is 0 Å². The number of guanidine groups is 1. The van der Waals surface area contributed by atoms with Crippen molar-refractivity contribution in [3.05, 3.63) is 54.1 Å². The number of nitrogens with two attached hydrogens (primary N) is 1. The maximum Gasteiger partial charge on any atom is 0.216 e. The SMILES string of the molecule is CN1OCC(C)(c2cccc(-c3cccc(O)c3)c2)N=C1N. The second-order valence-electron chi connectivity index (χ2n) is 5.65. The second-order valence-corrected chi connectivity index (χ2v) is 5.65. The van der Waals surface area contributed by atoms with Crippen molar-refractivity contribution in [2.24, 2.45) is 10.7 Å². The van der Waals surface area contributed by atoms with Crippen molar-refractivity contribution in [1.29, 1.82) is 0 Å². The Hall–Kier alpha value is -2.53. The first-order chi connectivity index (χ1) is 10.5. The van der Waals surface area contributed by atoms with Gasteiger partial charge in [-0.1, -0.05) is 30.3 Å². The van der Waals surface area contributed by atoms with Gasteiger partial charge in [-0.3, -0.25) is 4.84 Å². The summed E-state index contributed by atoms with van der Waals surface area (Å²) in [6, 6.07) is 15.2. The minimum Gasteiger partial charge on any atom is -0.508 e. The van der Waals surface area contributed by atoms with E-state index in [9.17, 15) is 5.11 Å². The van der Waals surface area contributed by atoms with Gasteiger partial charge in [-0.2, -0.15) is 0 Å². The fourth-order valence-corrected chi connectivity index (χ4v) is 2.51. The van der Waals surface area contributed by atoms with Crippen LogP contribution < -0.4 is 5.73 Å². The molecular formula is C17H19N3O2. The van der Waals surface area contributed by atoms with Crippen molar-refractivity contribution >= 4 is 5.96 Å². The van der Waals surface area contributed by atoms with Gasteiger partial charge in [0.15, 0.2) is 0 Å². The standard InChI is InChI=1S/C17H19N3O2/c1-17(11-22-20(2)16(18)19-17)14-7-3-5-12(9-14)13-6-4-8-15(21)10-13/h3-10,21H,11H2,1-2H3,(H2,18,19). The molecule has 1 aliphatic heterocycles. The van der Waals surface area contributed by atoms with Gasteiger partial charge < -0.3 is 10.8 Å². The molecule has 0 amide bonds. The molecule has 0 saturated carbocycles. The normalized spacial score (nSPS) is 21.5. The highest BCUT2D eigenvalue weighted by molar-refractivity contribution is 5.78. The predicted molar refractivity (Wildman–Crippen MR) is 86.2 cm³/mol. The van der Waals surface area contributed by atoms with Crippen molar-refractivity contribution in [1.82, 2.24) is 5.06 Å². The highest BCUT2D eigenvalue weighted by Crippen LogP contribution is 2.32. The zero-order chi connectivity index (χ0) is 15.7. The second kappa shape index (κ2) is 5.35. The molecule has 5 heteroatoms. The van der Waals surface area contributed by atoms with E-state index >= 15 is 0 Å². The van der Waals surface area contributed by atoms with E-state index in [1.807, 2.05) is 37.3 Å². The van der Waals surface area contributed by atoms with Crippen molar-refractivity contribution in [2.75, 3.05) is 13.7 Å². The van der Waals surface area contributed by atoms with Crippen LogP contribution in [-0.4, -0.2) is 29.8 Å². The lowest BCUT2D eigenvalue weighted by Gasteiger charge is -2.34. The minimum absolute atomic E-state index is 0.249. The summed E-state index contributed by atoms with van der Waals surface area (Å²) in [5, 5.41) is 11.1. The lowest BCUT2D eigenvalue weighted by molar-refractivity contribution is -0.113. The number of hydrogen-bond acceptors (Lipinski definition) is 5. The van der Waals surface area contributed by atoms with E-state index in [1.165, 1.54) is 5.06 Å². The largest absolute Gasteiger partial charge is 0.508 e. The van der Waals surface area contributed by atoms with E-state index in [2.05, 4.69) is 11.1 Å². The van der Waals surface area contributed by atoms with Gasteiger partial charge in [0.25, 0.3) is 0 Å². The molecule has 1 unspecified atom stereocenters. The molecule has 114 valence electrons. The molecule has 3 rings (SSSR count). The summed E-state index contributed by atoms with van der Waals surface area (Å²) < 4.78 is 0. The van der Waals surface area contributed by atoms with E-state index in [4.69, 9.17) is 10.6 Å². The van der Waals surface area contributed by atoms with E-state index in [1.54, 1.807) is 19.2 Å². The number of phenolic OH excluding ortho intramolecular Hbond substituents is 1. The highest BCUT2D eigenvalue weighted by atomic mass is 16.7. The van der Waals surface area contributed by atoms with E-state index < -0.39 is 5.54 Å². The fourth-order valence-electron chi connectivity index (χ4n) is 2.51. The third-order valence-corrected chi connectivity index (χ3v) is 3.89. The minimum atomic E-state index is -0.524. The lowest BCUT2D eigenvalue weighted by atomic mass is 9.90. The van der Waals surface area contributed by atoms with Gasteiger partial charge in [0, 0.05) is 7.05 Å². The predicted octanol–water partition coefficient (Wildman–Crippen LogP) is 2.47. The Kier molecular flexibility index (Phi) is 3.50. The molecule has 0 bridgehead atoms. The molecule has 3 N–H and O–H groups in total. The number of hydrogen-bond donors (Lipinski definition) is 2. The van der Waals surface area contributed by atoms with Crippen LogP contribution in [0.4, 0.5) is 0 Å². The highest BCUT2D eigenvalue weighted by Gasteiger charge is 2.32. The Morgan fingerprint density at radius 1 is 1.18 bits per heavy atom. The average Bonchev–Trinajstić information content (AvgIpc) is 2.52. The number of aliphatic imine (C=N–C) groups is 1. The molecule has 0 saturated heterocycles. The summed E-state index contributed by atoms with van der Waals surface area (Å²) in [6.07, 6.45) is 0. The zero-order valence-electron chi connectivity index (χ0n) is 12.7. The molecule has 2 aromatic rings. The van der Waals surface area contributed by atoms with Crippen LogP contribution in [0.25, 0.3) is 11.1 Å². The summed E-state index contributed by atoms with van der Waals surface area (Å²) >= 11 is 0. The molecule has 0 aromatic heterocycles. The number of rotatable bonds is 2. The molecule has 0 spiro atoms. The van der Waals surface area contributed by atoms with Crippen molar-refractivity contribution in [3.63, 3.8) is 0 Å². The Morgan fingerprint density at radius 2 is 1.86 bits per heavy atom. The Bertz CT molecular complexity index is 729. The molecule has 1 aliphatic rings. The number of benzene rings is 2. The Labute approximate surface area is 129 Å². The van der Waals surface area contributed by atoms with Gasteiger partial charge in [0.05, 0.1) is 0 Å². The van der Waals surface area contributed by atoms with E-state index in [0.29, 0.717) is 12.6 Å². The average molecular weight is 297 g/mol. The summed E-state index contributed by atoms with van der Waals surface area (Å²) in [7, 11) is 1.74. The summed E-state index contributed by atoms with van der Waals surface area (Å²) in [5.74, 6) is 0.607. The first kappa shape index (κ1) is 14.4. The number of nitrogens with zero attached hydrogens (tertiary/aromatic N) is 2. The van der Waals surface area contributed by atoms with Crippen LogP contribution in [0.15, 0.2) is 53.5 Å². The lowest BCUT2D eigenvalue weighted by Crippen LogP contribution is -2.45. The van der Waals surface area contributed by atoms with Gasteiger partial charge in [-0.05, 0) is 41.8 Å². The fraction of sp³-hybridized carbons (Fsp3) is 0.235. The van der Waals surface area contributed by atoms with Gasteiger partial charge in [0.2, 0.25) is 5.96 Å². The summed E-state index contributed by atoms with van der Waals surface area (Å²) in [4.78, 5) is 10.1. The van der Waals surface area contributed by atoms with Crippen LogP contribution in [0.1, 0.15) is 12.5 Å². The Balaban J connectivity index is 2.01. The zero-order valence-corrected chi connectivity index (χ0v) is 12.7. The Morgan fingerprint density at radius 3 is 2.55 bits per heavy atom. The molecule has 0 fully saturated rings. The maximum atomic E-state index is 9.64. The van der Waals surface area contributed by atoms with Crippen LogP contribution in [0, 0.1) is 0 Å². The van der Waals surface area contributed by atoms with E-state index in [-0.39, 0.29) is 5.75 Å². The van der Waals surface area contributed by atoms with Crippen LogP contribution in [0.2, 0.25) is 0 Å². The summed E-state index contributed by atoms with van der Waals surface area (Å²) in [5.41, 5.74) is 8.34. The first-order valence-electron chi connectivity index (χ1n) is 7.10. The topological polar surface area (TPSA) is 71.1 Å². The smallest absolute Gasteiger partial charge is 0.216 e. The van der Waals surface area contributed by atoms with Crippen molar-refractivity contribution < 1.29 is 9.94 Å². The maximum absolute atomic E-state index is 9.64. The van der Waals surface area contributed by atoms with Crippen LogP contribution >= 0.6 is 0 Å². The number of aromatic hydroxyl groups is 1. The van der Waals surface area contributed by atoms with Gasteiger partial charge in [-0.25, -0.2) is 10.1 Å². The number of phenols is 1. The van der Waals surface area contributed by atoms with E-state index in [0.717, 1.165) is 16.7 Å². The molecule has 2 aromatic carbocycles. The molecule has 5 nitrogen and oxygen atoms in total. The molecule has 1 heterocycles. The molecular weight excluding hydrogens is 278 g/mol. The molecule has 22 heavy (non-hydrogen) atoms. The van der Waals surface area contributed by atoms with Gasteiger partial charge >= 0.3 is 0 Å². The third-order valence-electron chi connectivity index (χ3n) is 3.89. The molecule has 0 radical (unpaired) electrons. The van der Waals surface area contributed by atoms with Crippen LogP contribution in [0.5, 0.6) is 5.75 Å². The third kappa shape index (κ3) is 2.63. The summed E-state index contributed by atoms with van der Waals surface area (Å²) in [6.45, 7) is 2.42. The molecule has 0 aliphatic carbocycles. The van der Waals surface area contributed by atoms with Crippen LogP contribution in [-0.2, 0) is 10.4 Å². The van der Waals surface area contributed by atoms with Gasteiger partial charge in [-0.15, -0.1) is 0 Å². The monoisotopic (exact) mass is 297 g/mol. The van der Waals surface area contributed by atoms with Gasteiger partial charge in [0.1, 0.15) is 17.9 Å². The molecule has 1 atom stereocenters. The van der Waals surface area contributed by atoms with Crippen molar-refractivity contribution in [2.45, 2.75) is 12.5 Å². The first-order valence-corrected chi connectivity index (χ1v) is 7.10.